The summed E-state index contributed by atoms with van der Waals surface area (Å²) in [5, 5.41) is 2.23. The highest BCUT2D eigenvalue weighted by Crippen LogP contribution is 2.24. The fourth-order valence-corrected chi connectivity index (χ4v) is 2.47. The third kappa shape index (κ3) is 4.10. The molecule has 0 saturated heterocycles. The smallest absolute Gasteiger partial charge is 0.265 e. The zero-order valence-electron chi connectivity index (χ0n) is 14.2. The van der Waals surface area contributed by atoms with E-state index in [0.29, 0.717) is 11.7 Å². The van der Waals surface area contributed by atoms with Gasteiger partial charge >= 0.3 is 0 Å². The molecule has 0 bridgehead atoms. The molecule has 0 aromatic heterocycles. The molecule has 5 heteroatoms. The van der Waals surface area contributed by atoms with Crippen LogP contribution in [0.1, 0.15) is 37.8 Å². The van der Waals surface area contributed by atoms with E-state index >= 15 is 0 Å². The van der Waals surface area contributed by atoms with Gasteiger partial charge in [0.15, 0.2) is 6.10 Å². The Balaban J connectivity index is 2.08. The van der Waals surface area contributed by atoms with Gasteiger partial charge in [0, 0.05) is 0 Å². The highest BCUT2D eigenvalue weighted by atomic mass is 19.1. The first-order valence-corrected chi connectivity index (χ1v) is 7.81. The minimum atomic E-state index is -0.895. The number of hydrogen-bond donors (Lipinski definition) is 1. The summed E-state index contributed by atoms with van der Waals surface area (Å²) < 4.78 is 32.7. The number of amides is 1. The van der Waals surface area contributed by atoms with E-state index in [4.69, 9.17) is 4.74 Å². The Kier molecular flexibility index (Phi) is 5.54. The van der Waals surface area contributed by atoms with E-state index in [0.717, 1.165) is 17.7 Å². The third-order valence-electron chi connectivity index (χ3n) is 3.76. The molecule has 1 atom stereocenters. The monoisotopic (exact) mass is 333 g/mol. The zero-order valence-corrected chi connectivity index (χ0v) is 14.2. The molecule has 0 heterocycles. The van der Waals surface area contributed by atoms with Crippen LogP contribution in [0.3, 0.4) is 0 Å². The van der Waals surface area contributed by atoms with Gasteiger partial charge in [0.1, 0.15) is 23.1 Å². The molecular formula is C19H21F2NO2. The SMILES string of the molecule is Cc1cc(OC(C)C(=O)Nc2c(F)cccc2F)ccc1C(C)C. The molecule has 24 heavy (non-hydrogen) atoms. The van der Waals surface area contributed by atoms with E-state index in [2.05, 4.69) is 19.2 Å². The number of hydrogen-bond acceptors (Lipinski definition) is 2. The Morgan fingerprint density at radius 2 is 1.71 bits per heavy atom. The Hall–Kier alpha value is -2.43. The average Bonchev–Trinajstić information content (AvgIpc) is 2.50. The van der Waals surface area contributed by atoms with Crippen molar-refractivity contribution in [3.8, 4) is 5.75 Å². The zero-order chi connectivity index (χ0) is 17.9. The maximum absolute atomic E-state index is 13.6. The molecule has 0 aliphatic rings. The number of anilines is 1. The Bertz CT molecular complexity index is 724. The second-order valence-corrected chi connectivity index (χ2v) is 6.02. The number of halogens is 2. The van der Waals surface area contributed by atoms with Crippen molar-refractivity contribution in [1.82, 2.24) is 0 Å². The minimum absolute atomic E-state index is 0.392. The van der Waals surface area contributed by atoms with Crippen molar-refractivity contribution < 1.29 is 18.3 Å². The highest BCUT2D eigenvalue weighted by molar-refractivity contribution is 5.94. The summed E-state index contributed by atoms with van der Waals surface area (Å²) in [6.45, 7) is 7.70. The number of ether oxygens (including phenoxy) is 1. The summed E-state index contributed by atoms with van der Waals surface area (Å²) in [6.07, 6.45) is -0.895. The lowest BCUT2D eigenvalue weighted by Gasteiger charge is -2.17. The van der Waals surface area contributed by atoms with Crippen LogP contribution in [-0.2, 0) is 4.79 Å². The first kappa shape index (κ1) is 17.9. The van der Waals surface area contributed by atoms with Gasteiger partial charge in [-0.05, 0) is 55.2 Å². The van der Waals surface area contributed by atoms with Crippen LogP contribution >= 0.6 is 0 Å². The van der Waals surface area contributed by atoms with Gasteiger partial charge in [-0.1, -0.05) is 26.0 Å². The molecule has 1 amide bonds. The number of rotatable bonds is 5. The van der Waals surface area contributed by atoms with Gasteiger partial charge in [0.05, 0.1) is 0 Å². The van der Waals surface area contributed by atoms with Gasteiger partial charge in [0.25, 0.3) is 5.91 Å². The molecule has 0 radical (unpaired) electrons. The number of nitrogens with one attached hydrogen (secondary N) is 1. The first-order chi connectivity index (χ1) is 11.3. The largest absolute Gasteiger partial charge is 0.481 e. The van der Waals surface area contributed by atoms with Gasteiger partial charge in [-0.2, -0.15) is 0 Å². The van der Waals surface area contributed by atoms with Crippen LogP contribution in [0.4, 0.5) is 14.5 Å². The molecule has 0 saturated carbocycles. The molecule has 2 aromatic rings. The molecule has 2 aromatic carbocycles. The number of carbonyl (C=O) groups is 1. The molecule has 3 nitrogen and oxygen atoms in total. The minimum Gasteiger partial charge on any atom is -0.481 e. The summed E-state index contributed by atoms with van der Waals surface area (Å²) in [7, 11) is 0. The van der Waals surface area contributed by atoms with Crippen molar-refractivity contribution in [3.63, 3.8) is 0 Å². The van der Waals surface area contributed by atoms with E-state index in [1.807, 2.05) is 19.1 Å². The predicted molar refractivity (Wildman–Crippen MR) is 90.3 cm³/mol. The third-order valence-corrected chi connectivity index (χ3v) is 3.76. The highest BCUT2D eigenvalue weighted by Gasteiger charge is 2.19. The summed E-state index contributed by atoms with van der Waals surface area (Å²) in [4.78, 5) is 12.1. The molecule has 128 valence electrons. The lowest BCUT2D eigenvalue weighted by atomic mass is 9.98. The number of aryl methyl sites for hydroxylation is 1. The predicted octanol–water partition coefficient (Wildman–Crippen LogP) is 4.80. The van der Waals surface area contributed by atoms with Crippen LogP contribution in [0, 0.1) is 18.6 Å². The first-order valence-electron chi connectivity index (χ1n) is 7.81. The molecule has 1 unspecified atom stereocenters. The van der Waals surface area contributed by atoms with Crippen molar-refractivity contribution in [3.05, 3.63) is 59.2 Å². The second kappa shape index (κ2) is 7.43. The number of carbonyl (C=O) groups excluding carboxylic acids is 1. The van der Waals surface area contributed by atoms with Gasteiger partial charge in [0.2, 0.25) is 0 Å². The topological polar surface area (TPSA) is 38.3 Å². The fourth-order valence-electron chi connectivity index (χ4n) is 2.47. The summed E-state index contributed by atoms with van der Waals surface area (Å²) in [5.74, 6) is -1.35. The van der Waals surface area contributed by atoms with E-state index in [9.17, 15) is 13.6 Å². The van der Waals surface area contributed by atoms with Gasteiger partial charge in [-0.25, -0.2) is 8.78 Å². The standard InChI is InChI=1S/C19H21F2NO2/c1-11(2)15-9-8-14(10-12(15)3)24-13(4)19(23)22-18-16(20)6-5-7-17(18)21/h5-11,13H,1-4H3,(H,22,23). The van der Waals surface area contributed by atoms with E-state index in [-0.39, 0.29) is 0 Å². The normalized spacial score (nSPS) is 12.1. The summed E-state index contributed by atoms with van der Waals surface area (Å²) in [6, 6.07) is 8.99. The Morgan fingerprint density at radius 3 is 2.25 bits per heavy atom. The molecule has 0 spiro atoms. The molecule has 1 N–H and O–H groups in total. The average molecular weight is 333 g/mol. The van der Waals surface area contributed by atoms with E-state index in [1.54, 1.807) is 6.07 Å². The molecule has 0 aliphatic carbocycles. The lowest BCUT2D eigenvalue weighted by molar-refractivity contribution is -0.122. The molecule has 2 rings (SSSR count). The van der Waals surface area contributed by atoms with Crippen LogP contribution in [0.2, 0.25) is 0 Å². The number of benzene rings is 2. The fraction of sp³-hybridized carbons (Fsp3) is 0.316. The van der Waals surface area contributed by atoms with E-state index in [1.165, 1.54) is 18.6 Å². The van der Waals surface area contributed by atoms with Crippen molar-refractivity contribution in [1.29, 1.82) is 0 Å². The van der Waals surface area contributed by atoms with Crippen molar-refractivity contribution in [2.75, 3.05) is 5.32 Å². The van der Waals surface area contributed by atoms with Crippen molar-refractivity contribution in [2.24, 2.45) is 0 Å². The lowest BCUT2D eigenvalue weighted by Crippen LogP contribution is -2.30. The van der Waals surface area contributed by atoms with Gasteiger partial charge in [-0.3, -0.25) is 4.79 Å². The van der Waals surface area contributed by atoms with Crippen LogP contribution in [0.5, 0.6) is 5.75 Å². The van der Waals surface area contributed by atoms with Crippen LogP contribution < -0.4 is 10.1 Å². The van der Waals surface area contributed by atoms with Gasteiger partial charge < -0.3 is 10.1 Å². The van der Waals surface area contributed by atoms with Crippen LogP contribution in [0.15, 0.2) is 36.4 Å². The molecule has 0 aliphatic heterocycles. The van der Waals surface area contributed by atoms with E-state index < -0.39 is 29.3 Å². The number of para-hydroxylation sites is 1. The van der Waals surface area contributed by atoms with Gasteiger partial charge in [-0.15, -0.1) is 0 Å². The Morgan fingerprint density at radius 1 is 1.08 bits per heavy atom. The van der Waals surface area contributed by atoms with Crippen molar-refractivity contribution >= 4 is 11.6 Å². The molecular weight excluding hydrogens is 312 g/mol. The Labute approximate surface area is 140 Å². The van der Waals surface area contributed by atoms with Crippen LogP contribution in [0.25, 0.3) is 0 Å². The maximum atomic E-state index is 13.6. The van der Waals surface area contributed by atoms with Crippen molar-refractivity contribution in [2.45, 2.75) is 39.7 Å². The summed E-state index contributed by atoms with van der Waals surface area (Å²) in [5.41, 5.74) is 1.80. The van der Waals surface area contributed by atoms with Crippen LogP contribution in [-0.4, -0.2) is 12.0 Å². The quantitative estimate of drug-likeness (QED) is 0.853. The summed E-state index contributed by atoms with van der Waals surface area (Å²) >= 11 is 0. The second-order valence-electron chi connectivity index (χ2n) is 6.02. The maximum Gasteiger partial charge on any atom is 0.265 e. The molecule has 0 fully saturated rings.